The number of aryl methyl sites for hydroxylation is 2. The minimum absolute atomic E-state index is 0. The summed E-state index contributed by atoms with van der Waals surface area (Å²) < 4.78 is 0. The smallest absolute Gasteiger partial charge is 0.622 e. The van der Waals surface area contributed by atoms with E-state index < -0.39 is 54.3 Å². The van der Waals surface area contributed by atoms with Crippen LogP contribution in [0.25, 0.3) is 32.4 Å². The minimum Gasteiger partial charge on any atom is -0.622 e. The zero-order valence-electron chi connectivity index (χ0n) is 27.2. The van der Waals surface area contributed by atoms with Crippen molar-refractivity contribution >= 4 is 67.7 Å². The Labute approximate surface area is 307 Å². The summed E-state index contributed by atoms with van der Waals surface area (Å²) in [4.78, 5) is 75.3. The van der Waals surface area contributed by atoms with E-state index in [0.717, 1.165) is 23.3 Å². The Balaban J connectivity index is 0.000000232. The van der Waals surface area contributed by atoms with E-state index in [4.69, 9.17) is 0 Å². The molecule has 0 spiro atoms. The van der Waals surface area contributed by atoms with E-state index in [1.807, 2.05) is 13.8 Å². The van der Waals surface area contributed by atoms with E-state index in [0.29, 0.717) is 11.4 Å². The Hall–Kier alpha value is -7.25. The van der Waals surface area contributed by atoms with Crippen LogP contribution in [-0.4, -0.2) is 41.5 Å². The van der Waals surface area contributed by atoms with Gasteiger partial charge in [-0.1, -0.05) is 59.7 Å². The number of pyridine rings is 2. The van der Waals surface area contributed by atoms with Gasteiger partial charge in [0.1, 0.15) is 11.1 Å². The van der Waals surface area contributed by atoms with Gasteiger partial charge in [-0.2, -0.15) is 0 Å². The molecule has 0 fully saturated rings. The summed E-state index contributed by atoms with van der Waals surface area (Å²) in [5, 5.41) is 53.1. The molecule has 2 aromatic heterocycles. The van der Waals surface area contributed by atoms with Crippen molar-refractivity contribution in [2.45, 2.75) is 13.8 Å². The Morgan fingerprint density at radius 2 is 0.849 bits per heavy atom. The van der Waals surface area contributed by atoms with Gasteiger partial charge in [-0.05, 0) is 38.1 Å². The molecule has 1 radical (unpaired) electrons. The topological polar surface area (TPSA) is 261 Å². The van der Waals surface area contributed by atoms with Crippen LogP contribution >= 0.6 is 0 Å². The zero-order valence-corrected chi connectivity index (χ0v) is 28.3. The molecular weight excluding hydrogens is 739 g/mol. The molecule has 0 aliphatic rings. The van der Waals surface area contributed by atoms with Crippen molar-refractivity contribution in [2.24, 2.45) is 0 Å². The molecule has 6 rings (SSSR count). The van der Waals surface area contributed by atoms with Crippen molar-refractivity contribution in [3.05, 3.63) is 171 Å². The van der Waals surface area contributed by atoms with Gasteiger partial charge in [0.05, 0.1) is 65.4 Å². The standard InChI is InChI=1S/2C17H12N4O5.Co/c2*1-10-4-6-11(7-5-10)19-17(22)15-14(21(25)26)9-13(20(23)24)12-3-2-8-18-16(12)15;/h2*2-9H,1H3,(H,19,22);/q;;+2/p-2. The molecule has 4 aromatic carbocycles. The van der Waals surface area contributed by atoms with Crippen molar-refractivity contribution < 1.29 is 46.1 Å². The molecule has 0 N–H and O–H groups in total. The van der Waals surface area contributed by atoms with E-state index >= 15 is 0 Å². The molecule has 0 saturated heterocycles. The van der Waals surface area contributed by atoms with Gasteiger partial charge in [0.25, 0.3) is 22.7 Å². The molecule has 53 heavy (non-hydrogen) atoms. The van der Waals surface area contributed by atoms with Gasteiger partial charge in [-0.25, -0.2) is 0 Å². The van der Waals surface area contributed by atoms with Crippen molar-refractivity contribution in [1.82, 2.24) is 9.97 Å². The van der Waals surface area contributed by atoms with Crippen LogP contribution in [0.4, 0.5) is 34.1 Å². The fourth-order valence-electron chi connectivity index (χ4n) is 5.02. The summed E-state index contributed by atoms with van der Waals surface area (Å²) in [6.07, 6.45) is 2.61. The van der Waals surface area contributed by atoms with Crippen molar-refractivity contribution in [2.75, 3.05) is 0 Å². The Morgan fingerprint density at radius 3 is 1.15 bits per heavy atom. The van der Waals surface area contributed by atoms with E-state index in [1.165, 1.54) is 36.7 Å². The predicted octanol–water partition coefficient (Wildman–Crippen LogP) is 8.41. The summed E-state index contributed by atoms with van der Waals surface area (Å²) in [7, 11) is 0. The van der Waals surface area contributed by atoms with Gasteiger partial charge in [0.2, 0.25) is 0 Å². The van der Waals surface area contributed by atoms with E-state index in [9.17, 15) is 50.0 Å². The van der Waals surface area contributed by atoms with Gasteiger partial charge < -0.3 is 20.2 Å². The van der Waals surface area contributed by atoms with E-state index in [2.05, 4.69) is 20.6 Å². The number of amides is 2. The molecule has 0 aliphatic heterocycles. The van der Waals surface area contributed by atoms with Crippen LogP contribution in [0.1, 0.15) is 31.8 Å². The number of hydrogen-bond donors (Lipinski definition) is 0. The molecule has 19 heteroatoms. The van der Waals surface area contributed by atoms with Crippen LogP contribution < -0.4 is 0 Å². The number of carbonyl (C=O) groups excluding carboxylic acids is 2. The second-order valence-corrected chi connectivity index (χ2v) is 10.9. The first kappa shape index (κ1) is 38.5. The molecule has 6 aromatic rings. The molecule has 0 aliphatic carbocycles. The Kier molecular flexibility index (Phi) is 11.8. The maximum absolute atomic E-state index is 12.6. The number of carbonyl (C=O) groups is 2. The number of rotatable bonds is 8. The number of aromatic nitrogens is 2. The van der Waals surface area contributed by atoms with Crippen molar-refractivity contribution in [1.29, 1.82) is 0 Å². The van der Waals surface area contributed by atoms with Crippen molar-refractivity contribution in [3.8, 4) is 0 Å². The molecular formula is C34H22CoN8O10. The van der Waals surface area contributed by atoms with Gasteiger partial charge in [-0.15, -0.1) is 11.4 Å². The number of nitro groups is 4. The SMILES string of the molecule is Cc1ccc([N-]C(=O)c2c([N+](=O)[O-])cc([N+](=O)[O-])c3cccnc23)cc1.Cc1ccc([N-]C(=O)c2c([N+](=O)[O-])cc([N+](=O)[O-])c3cccnc23)cc1.[Co+2]. The van der Waals surface area contributed by atoms with E-state index in [1.54, 1.807) is 48.5 Å². The number of non-ortho nitro benzene ring substituents is 2. The first-order chi connectivity index (χ1) is 24.8. The Bertz CT molecular complexity index is 2270. The average molecular weight is 762 g/mol. The third-order valence-electron chi connectivity index (χ3n) is 7.44. The maximum Gasteiger partial charge on any atom is 2.00 e. The third-order valence-corrected chi connectivity index (χ3v) is 7.44. The second-order valence-electron chi connectivity index (χ2n) is 10.9. The van der Waals surface area contributed by atoms with Crippen LogP contribution in [0.5, 0.6) is 0 Å². The summed E-state index contributed by atoms with van der Waals surface area (Å²) in [6, 6.07) is 20.6. The Morgan fingerprint density at radius 1 is 0.528 bits per heavy atom. The van der Waals surface area contributed by atoms with Crippen molar-refractivity contribution in [3.63, 3.8) is 0 Å². The first-order valence-corrected chi connectivity index (χ1v) is 14.8. The number of nitro benzene ring substituents is 4. The summed E-state index contributed by atoms with van der Waals surface area (Å²) in [5.41, 5.74) is -0.854. The maximum atomic E-state index is 12.6. The first-order valence-electron chi connectivity index (χ1n) is 14.8. The number of hydrogen-bond acceptors (Lipinski definition) is 12. The predicted molar refractivity (Wildman–Crippen MR) is 187 cm³/mol. The number of fused-ring (bicyclic) bond motifs is 2. The monoisotopic (exact) mass is 761 g/mol. The van der Waals surface area contributed by atoms with Gasteiger partial charge >= 0.3 is 16.8 Å². The fraction of sp³-hybridized carbons (Fsp3) is 0.0588. The van der Waals surface area contributed by atoms with Gasteiger partial charge in [-0.3, -0.25) is 50.4 Å². The second kappa shape index (κ2) is 16.2. The molecule has 0 saturated carbocycles. The molecule has 267 valence electrons. The van der Waals surface area contributed by atoms with Crippen LogP contribution in [-0.2, 0) is 16.8 Å². The molecule has 0 atom stereocenters. The van der Waals surface area contributed by atoms with Crippen LogP contribution in [0.3, 0.4) is 0 Å². The van der Waals surface area contributed by atoms with Crippen LogP contribution in [0.2, 0.25) is 0 Å². The van der Waals surface area contributed by atoms with Crippen LogP contribution in [0.15, 0.2) is 97.3 Å². The third kappa shape index (κ3) is 8.39. The number of benzene rings is 4. The number of nitrogens with zero attached hydrogens (tertiary/aromatic N) is 8. The molecule has 18 nitrogen and oxygen atoms in total. The molecule has 0 unspecified atom stereocenters. The largest absolute Gasteiger partial charge is 2.00 e. The summed E-state index contributed by atoms with van der Waals surface area (Å²) in [5.74, 6) is -1.78. The molecule has 2 heterocycles. The summed E-state index contributed by atoms with van der Waals surface area (Å²) in [6.45, 7) is 3.73. The van der Waals surface area contributed by atoms with Crippen LogP contribution in [0, 0.1) is 54.3 Å². The minimum atomic E-state index is -0.890. The quantitative estimate of drug-likeness (QED) is 0.104. The normalized spacial score (nSPS) is 10.3. The average Bonchev–Trinajstić information content (AvgIpc) is 3.11. The van der Waals surface area contributed by atoms with Gasteiger partial charge in [0, 0.05) is 12.4 Å². The zero-order chi connectivity index (χ0) is 37.7. The summed E-state index contributed by atoms with van der Waals surface area (Å²) >= 11 is 0. The molecule has 0 bridgehead atoms. The molecule has 2 amide bonds. The van der Waals surface area contributed by atoms with E-state index in [-0.39, 0.29) is 49.7 Å². The van der Waals surface area contributed by atoms with Gasteiger partial charge in [0.15, 0.2) is 0 Å². The fourth-order valence-corrected chi connectivity index (χ4v) is 5.02.